The molecule has 1 aliphatic rings. The highest BCUT2D eigenvalue weighted by Gasteiger charge is 2.28. The van der Waals surface area contributed by atoms with Crippen molar-refractivity contribution in [3.05, 3.63) is 23.5 Å². The lowest BCUT2D eigenvalue weighted by atomic mass is 10.1. The predicted molar refractivity (Wildman–Crippen MR) is 80.4 cm³/mol. The van der Waals surface area contributed by atoms with Crippen LogP contribution in [0.1, 0.15) is 68.5 Å². The van der Waals surface area contributed by atoms with Gasteiger partial charge >= 0.3 is 5.97 Å². The summed E-state index contributed by atoms with van der Waals surface area (Å²) in [7, 11) is 0. The molecule has 0 unspecified atom stereocenters. The van der Waals surface area contributed by atoms with Gasteiger partial charge in [0.2, 0.25) is 0 Å². The van der Waals surface area contributed by atoms with Crippen molar-refractivity contribution in [3.8, 4) is 0 Å². The van der Waals surface area contributed by atoms with Crippen LogP contribution in [0.15, 0.2) is 12.3 Å². The Kier molecular flexibility index (Phi) is 3.43. The van der Waals surface area contributed by atoms with Gasteiger partial charge in [0.25, 0.3) is 0 Å². The van der Waals surface area contributed by atoms with E-state index in [1.807, 2.05) is 24.6 Å². The zero-order valence-corrected chi connectivity index (χ0v) is 13.0. The highest BCUT2D eigenvalue weighted by atomic mass is 16.5. The lowest BCUT2D eigenvalue weighted by Gasteiger charge is -2.11. The molecular weight excluding hydrogens is 266 g/mol. The Bertz CT molecular complexity index is 684. The van der Waals surface area contributed by atoms with Crippen LogP contribution in [0, 0.1) is 0 Å². The number of pyridine rings is 1. The van der Waals surface area contributed by atoms with Gasteiger partial charge in [-0.1, -0.05) is 0 Å². The van der Waals surface area contributed by atoms with Crippen molar-refractivity contribution in [1.82, 2.24) is 14.8 Å². The Morgan fingerprint density at radius 2 is 2.05 bits per heavy atom. The van der Waals surface area contributed by atoms with Gasteiger partial charge in [-0.15, -0.1) is 0 Å². The summed E-state index contributed by atoms with van der Waals surface area (Å²) >= 11 is 0. The number of hydrogen-bond donors (Lipinski definition) is 0. The first-order valence-corrected chi connectivity index (χ1v) is 7.56. The molecule has 0 bridgehead atoms. The summed E-state index contributed by atoms with van der Waals surface area (Å²) in [5.74, 6) is 0.193. The molecule has 0 atom stereocenters. The second-order valence-electron chi connectivity index (χ2n) is 6.24. The number of hydrogen-bond acceptors (Lipinski definition) is 4. The minimum Gasteiger partial charge on any atom is -0.459 e. The van der Waals surface area contributed by atoms with E-state index in [-0.39, 0.29) is 18.1 Å². The standard InChI is InChI=1S/C16H21N3O2/c1-9(2)19-15-13(8-17-19)12(16(20)21-10(3)4)7-14(18-15)11-5-6-11/h7-11H,5-6H2,1-4H3. The summed E-state index contributed by atoms with van der Waals surface area (Å²) in [4.78, 5) is 17.1. The molecule has 0 aromatic carbocycles. The highest BCUT2D eigenvalue weighted by Crippen LogP contribution is 2.40. The maximum atomic E-state index is 12.4. The molecule has 3 rings (SSSR count). The number of carbonyl (C=O) groups excluding carboxylic acids is 1. The molecule has 1 fully saturated rings. The summed E-state index contributed by atoms with van der Waals surface area (Å²) in [6.45, 7) is 7.83. The summed E-state index contributed by atoms with van der Waals surface area (Å²) in [6.07, 6.45) is 3.88. The predicted octanol–water partition coefficient (Wildman–Crippen LogP) is 3.45. The fourth-order valence-electron chi connectivity index (χ4n) is 2.45. The van der Waals surface area contributed by atoms with Gasteiger partial charge in [0.05, 0.1) is 23.3 Å². The van der Waals surface area contributed by atoms with Crippen molar-refractivity contribution >= 4 is 17.0 Å². The minimum atomic E-state index is -0.289. The van der Waals surface area contributed by atoms with Gasteiger partial charge in [0, 0.05) is 17.7 Å². The fraction of sp³-hybridized carbons (Fsp3) is 0.562. The van der Waals surface area contributed by atoms with E-state index in [9.17, 15) is 4.79 Å². The third-order valence-corrected chi connectivity index (χ3v) is 3.63. The molecule has 5 nitrogen and oxygen atoms in total. The lowest BCUT2D eigenvalue weighted by Crippen LogP contribution is -2.13. The van der Waals surface area contributed by atoms with Crippen molar-refractivity contribution in [2.24, 2.45) is 0 Å². The summed E-state index contributed by atoms with van der Waals surface area (Å²) < 4.78 is 7.23. The van der Waals surface area contributed by atoms with Crippen LogP contribution in [0.5, 0.6) is 0 Å². The molecule has 0 amide bonds. The molecule has 5 heteroatoms. The maximum Gasteiger partial charge on any atom is 0.339 e. The molecule has 0 saturated heterocycles. The highest BCUT2D eigenvalue weighted by molar-refractivity contribution is 6.02. The van der Waals surface area contributed by atoms with E-state index in [2.05, 4.69) is 18.9 Å². The summed E-state index contributed by atoms with van der Waals surface area (Å²) in [5.41, 5.74) is 2.35. The molecule has 1 aliphatic carbocycles. The van der Waals surface area contributed by atoms with Crippen LogP contribution in [0.25, 0.3) is 11.0 Å². The van der Waals surface area contributed by atoms with Crippen molar-refractivity contribution < 1.29 is 9.53 Å². The fourth-order valence-corrected chi connectivity index (χ4v) is 2.45. The Labute approximate surface area is 124 Å². The van der Waals surface area contributed by atoms with Crippen LogP contribution in [-0.4, -0.2) is 26.8 Å². The largest absolute Gasteiger partial charge is 0.459 e. The first kappa shape index (κ1) is 14.0. The van der Waals surface area contributed by atoms with E-state index >= 15 is 0 Å². The first-order valence-electron chi connectivity index (χ1n) is 7.56. The number of esters is 1. The average molecular weight is 287 g/mol. The Balaban J connectivity index is 2.15. The normalized spacial score (nSPS) is 15.1. The molecule has 112 valence electrons. The zero-order valence-electron chi connectivity index (χ0n) is 13.0. The first-order chi connectivity index (χ1) is 9.97. The van der Waals surface area contributed by atoms with Crippen molar-refractivity contribution in [2.75, 3.05) is 0 Å². The molecule has 0 N–H and O–H groups in total. The van der Waals surface area contributed by atoms with Gasteiger partial charge in [0.15, 0.2) is 5.65 Å². The molecular formula is C16H21N3O2. The average Bonchev–Trinajstić information content (AvgIpc) is 3.16. The molecule has 0 aliphatic heterocycles. The molecule has 0 radical (unpaired) electrons. The Hall–Kier alpha value is -1.91. The number of ether oxygens (including phenoxy) is 1. The van der Waals surface area contributed by atoms with E-state index < -0.39 is 0 Å². The summed E-state index contributed by atoms with van der Waals surface area (Å²) in [5, 5.41) is 5.16. The number of fused-ring (bicyclic) bond motifs is 1. The molecule has 2 heterocycles. The van der Waals surface area contributed by atoms with Crippen molar-refractivity contribution in [3.63, 3.8) is 0 Å². The van der Waals surface area contributed by atoms with Gasteiger partial charge in [-0.2, -0.15) is 5.10 Å². The van der Waals surface area contributed by atoms with Crippen molar-refractivity contribution in [1.29, 1.82) is 0 Å². The molecule has 1 saturated carbocycles. The maximum absolute atomic E-state index is 12.4. The number of aromatic nitrogens is 3. The van der Waals surface area contributed by atoms with Crippen molar-refractivity contribution in [2.45, 2.75) is 58.6 Å². The third-order valence-electron chi connectivity index (χ3n) is 3.63. The van der Waals surface area contributed by atoms with E-state index in [1.54, 1.807) is 6.20 Å². The van der Waals surface area contributed by atoms with Gasteiger partial charge in [-0.05, 0) is 46.6 Å². The van der Waals surface area contributed by atoms with Gasteiger partial charge in [-0.3, -0.25) is 0 Å². The van der Waals surface area contributed by atoms with E-state index in [4.69, 9.17) is 9.72 Å². The van der Waals surface area contributed by atoms with E-state index in [0.717, 1.165) is 29.6 Å². The minimum absolute atomic E-state index is 0.134. The van der Waals surface area contributed by atoms with E-state index in [1.165, 1.54) is 0 Å². The molecule has 2 aromatic rings. The molecule has 21 heavy (non-hydrogen) atoms. The second-order valence-corrected chi connectivity index (χ2v) is 6.24. The van der Waals surface area contributed by atoms with Crippen LogP contribution in [0.4, 0.5) is 0 Å². The quantitative estimate of drug-likeness (QED) is 0.808. The number of nitrogens with zero attached hydrogens (tertiary/aromatic N) is 3. The Morgan fingerprint density at radius 3 is 2.62 bits per heavy atom. The SMILES string of the molecule is CC(C)OC(=O)c1cc(C2CC2)nc2c1cnn2C(C)C. The topological polar surface area (TPSA) is 57.0 Å². The lowest BCUT2D eigenvalue weighted by molar-refractivity contribution is 0.0380. The van der Waals surface area contributed by atoms with Gasteiger partial charge in [0.1, 0.15) is 0 Å². The van der Waals surface area contributed by atoms with Crippen LogP contribution < -0.4 is 0 Å². The monoisotopic (exact) mass is 287 g/mol. The number of rotatable bonds is 4. The van der Waals surface area contributed by atoms with Crippen LogP contribution in [0.2, 0.25) is 0 Å². The smallest absolute Gasteiger partial charge is 0.339 e. The Morgan fingerprint density at radius 1 is 1.33 bits per heavy atom. The molecule has 2 aromatic heterocycles. The van der Waals surface area contributed by atoms with Gasteiger partial charge in [-0.25, -0.2) is 14.5 Å². The zero-order chi connectivity index (χ0) is 15.1. The summed E-state index contributed by atoms with van der Waals surface area (Å²) in [6, 6.07) is 2.09. The van der Waals surface area contributed by atoms with E-state index in [0.29, 0.717) is 11.5 Å². The second kappa shape index (κ2) is 5.13. The third kappa shape index (κ3) is 2.64. The van der Waals surface area contributed by atoms with Gasteiger partial charge < -0.3 is 4.74 Å². The van der Waals surface area contributed by atoms with Crippen LogP contribution in [-0.2, 0) is 4.74 Å². The van der Waals surface area contributed by atoms with Crippen LogP contribution >= 0.6 is 0 Å². The van der Waals surface area contributed by atoms with Crippen LogP contribution in [0.3, 0.4) is 0 Å². The molecule has 0 spiro atoms. The number of carbonyl (C=O) groups is 1.